The molecule has 0 bridgehead atoms. The Morgan fingerprint density at radius 1 is 1.56 bits per heavy atom. The lowest BCUT2D eigenvalue weighted by atomic mass is 9.98. The number of nitrogens with zero attached hydrogens (tertiary/aromatic N) is 2. The molecule has 3 nitrogen and oxygen atoms in total. The largest absolute Gasteiger partial charge is 0.327 e. The number of halogens is 1. The van der Waals surface area contributed by atoms with Gasteiger partial charge in [0, 0.05) is 18.3 Å². The van der Waals surface area contributed by atoms with Crippen LogP contribution in [0.15, 0.2) is 4.47 Å². The van der Waals surface area contributed by atoms with Crippen LogP contribution in [-0.2, 0) is 13.0 Å². The van der Waals surface area contributed by atoms with Crippen molar-refractivity contribution < 1.29 is 0 Å². The Bertz CT molecular complexity index is 378. The second kappa shape index (κ2) is 5.10. The monoisotopic (exact) mass is 303 g/mol. The van der Waals surface area contributed by atoms with Crippen LogP contribution in [0.3, 0.4) is 0 Å². The summed E-state index contributed by atoms with van der Waals surface area (Å²) >= 11 is 5.60. The maximum absolute atomic E-state index is 6.11. The van der Waals surface area contributed by atoms with E-state index in [1.165, 1.54) is 15.9 Å². The molecular formula is C11H18BrN3S. The van der Waals surface area contributed by atoms with Gasteiger partial charge in [0.25, 0.3) is 0 Å². The molecule has 2 rings (SSSR count). The van der Waals surface area contributed by atoms with E-state index >= 15 is 0 Å². The van der Waals surface area contributed by atoms with Gasteiger partial charge in [0.05, 0.1) is 15.9 Å². The minimum atomic E-state index is 0.345. The van der Waals surface area contributed by atoms with Crippen LogP contribution in [0.1, 0.15) is 18.3 Å². The molecule has 90 valence electrons. The lowest BCUT2D eigenvalue weighted by Gasteiger charge is -2.15. The first kappa shape index (κ1) is 12.5. The second-order valence-electron chi connectivity index (χ2n) is 4.33. The normalized spacial score (nSPS) is 25.2. The molecule has 1 fully saturated rings. The highest BCUT2D eigenvalue weighted by molar-refractivity contribution is 9.10. The Balaban J connectivity index is 2.19. The summed E-state index contributed by atoms with van der Waals surface area (Å²) in [6.07, 6.45) is 1.05. The quantitative estimate of drug-likeness (QED) is 0.931. The second-order valence-corrected chi connectivity index (χ2v) is 6.20. The number of nitrogens with two attached hydrogens (primary N) is 1. The third kappa shape index (κ3) is 2.31. The van der Waals surface area contributed by atoms with Crippen LogP contribution in [-0.4, -0.2) is 27.3 Å². The van der Waals surface area contributed by atoms with Crippen molar-refractivity contribution in [3.05, 3.63) is 15.9 Å². The van der Waals surface area contributed by atoms with Gasteiger partial charge < -0.3 is 5.73 Å². The number of thioether (sulfide) groups is 1. The summed E-state index contributed by atoms with van der Waals surface area (Å²) in [6.45, 7) is 5.10. The molecule has 1 saturated heterocycles. The zero-order chi connectivity index (χ0) is 11.7. The van der Waals surface area contributed by atoms with E-state index in [0.717, 1.165) is 24.4 Å². The summed E-state index contributed by atoms with van der Waals surface area (Å²) in [5.74, 6) is 2.88. The van der Waals surface area contributed by atoms with E-state index in [9.17, 15) is 0 Å². The van der Waals surface area contributed by atoms with Crippen molar-refractivity contribution in [1.82, 2.24) is 9.78 Å². The van der Waals surface area contributed by atoms with E-state index in [4.69, 9.17) is 5.73 Å². The summed E-state index contributed by atoms with van der Waals surface area (Å²) < 4.78 is 3.26. The molecule has 16 heavy (non-hydrogen) atoms. The zero-order valence-electron chi connectivity index (χ0n) is 9.74. The van der Waals surface area contributed by atoms with E-state index in [1.54, 1.807) is 0 Å². The maximum atomic E-state index is 6.11. The molecule has 5 heteroatoms. The minimum Gasteiger partial charge on any atom is -0.327 e. The fourth-order valence-corrected chi connectivity index (χ4v) is 3.93. The number of hydrogen-bond donors (Lipinski definition) is 1. The third-order valence-electron chi connectivity index (χ3n) is 3.16. The van der Waals surface area contributed by atoms with Gasteiger partial charge in [-0.15, -0.1) is 0 Å². The summed E-state index contributed by atoms with van der Waals surface area (Å²) in [6, 6.07) is 0.345. The van der Waals surface area contributed by atoms with Crippen LogP contribution in [0.2, 0.25) is 0 Å². The molecule has 1 aromatic rings. The molecule has 0 radical (unpaired) electrons. The van der Waals surface area contributed by atoms with Gasteiger partial charge in [0.15, 0.2) is 0 Å². The summed E-state index contributed by atoms with van der Waals surface area (Å²) in [5, 5.41) is 4.52. The van der Waals surface area contributed by atoms with Crippen molar-refractivity contribution in [2.24, 2.45) is 11.7 Å². The first-order chi connectivity index (χ1) is 7.63. The van der Waals surface area contributed by atoms with Crippen LogP contribution < -0.4 is 5.73 Å². The van der Waals surface area contributed by atoms with Gasteiger partial charge in [-0.2, -0.15) is 16.9 Å². The molecule has 0 saturated carbocycles. The average molecular weight is 304 g/mol. The molecular weight excluding hydrogens is 286 g/mol. The Labute approximate surface area is 109 Å². The molecule has 1 aliphatic heterocycles. The highest BCUT2D eigenvalue weighted by Gasteiger charge is 2.27. The van der Waals surface area contributed by atoms with E-state index in [1.807, 2.05) is 18.7 Å². The summed E-state index contributed by atoms with van der Waals surface area (Å²) in [4.78, 5) is 0. The van der Waals surface area contributed by atoms with Crippen LogP contribution in [0, 0.1) is 12.8 Å². The number of aromatic nitrogens is 2. The lowest BCUT2D eigenvalue weighted by Crippen LogP contribution is -2.30. The van der Waals surface area contributed by atoms with Crippen LogP contribution >= 0.6 is 27.7 Å². The lowest BCUT2D eigenvalue weighted by molar-refractivity contribution is 0.486. The van der Waals surface area contributed by atoms with Crippen LogP contribution in [0.25, 0.3) is 0 Å². The van der Waals surface area contributed by atoms with Crippen LogP contribution in [0.5, 0.6) is 0 Å². The molecule has 1 aliphatic rings. The Kier molecular flexibility index (Phi) is 3.97. The van der Waals surface area contributed by atoms with Crippen molar-refractivity contribution in [2.45, 2.75) is 32.9 Å². The molecule has 0 spiro atoms. The zero-order valence-corrected chi connectivity index (χ0v) is 12.1. The van der Waals surface area contributed by atoms with Gasteiger partial charge in [-0.05, 0) is 47.9 Å². The number of aryl methyl sites for hydroxylation is 2. The Hall–Kier alpha value is -0.0000000000000000763. The van der Waals surface area contributed by atoms with Gasteiger partial charge in [-0.25, -0.2) is 0 Å². The molecule has 0 aliphatic carbocycles. The fourth-order valence-electron chi connectivity index (χ4n) is 2.14. The van der Waals surface area contributed by atoms with E-state index in [-0.39, 0.29) is 0 Å². The molecule has 2 unspecified atom stereocenters. The van der Waals surface area contributed by atoms with E-state index in [0.29, 0.717) is 12.0 Å². The van der Waals surface area contributed by atoms with Gasteiger partial charge in [-0.1, -0.05) is 0 Å². The Morgan fingerprint density at radius 2 is 2.31 bits per heavy atom. The van der Waals surface area contributed by atoms with Crippen molar-refractivity contribution in [3.8, 4) is 0 Å². The average Bonchev–Trinajstić information content (AvgIpc) is 2.78. The maximum Gasteiger partial charge on any atom is 0.0738 e. The SMILES string of the molecule is CCn1nc(C)c(Br)c1CC1CSCC1N. The third-order valence-corrected chi connectivity index (χ3v) is 5.47. The van der Waals surface area contributed by atoms with Gasteiger partial charge in [0.2, 0.25) is 0 Å². The molecule has 2 heterocycles. The fraction of sp³-hybridized carbons (Fsp3) is 0.727. The van der Waals surface area contributed by atoms with Crippen molar-refractivity contribution in [3.63, 3.8) is 0 Å². The molecule has 0 aromatic carbocycles. The molecule has 2 N–H and O–H groups in total. The predicted molar refractivity (Wildman–Crippen MR) is 72.8 cm³/mol. The van der Waals surface area contributed by atoms with Crippen molar-refractivity contribution in [2.75, 3.05) is 11.5 Å². The highest BCUT2D eigenvalue weighted by atomic mass is 79.9. The minimum absolute atomic E-state index is 0.345. The number of rotatable bonds is 3. The summed E-state index contributed by atoms with van der Waals surface area (Å²) in [5.41, 5.74) is 8.50. The predicted octanol–water partition coefficient (Wildman–Crippen LogP) is 2.21. The number of hydrogen-bond acceptors (Lipinski definition) is 3. The first-order valence-corrected chi connectivity index (χ1v) is 7.63. The van der Waals surface area contributed by atoms with E-state index < -0.39 is 0 Å². The first-order valence-electron chi connectivity index (χ1n) is 5.68. The highest BCUT2D eigenvalue weighted by Crippen LogP contribution is 2.30. The summed E-state index contributed by atoms with van der Waals surface area (Å²) in [7, 11) is 0. The van der Waals surface area contributed by atoms with Gasteiger partial charge in [-0.3, -0.25) is 4.68 Å². The Morgan fingerprint density at radius 3 is 2.88 bits per heavy atom. The smallest absolute Gasteiger partial charge is 0.0738 e. The van der Waals surface area contributed by atoms with Crippen LogP contribution in [0.4, 0.5) is 0 Å². The molecule has 0 amide bonds. The topological polar surface area (TPSA) is 43.8 Å². The molecule has 2 atom stereocenters. The molecule has 1 aromatic heterocycles. The van der Waals surface area contributed by atoms with E-state index in [2.05, 4.69) is 32.6 Å². The standard InChI is InChI=1S/C11H18BrN3S/c1-3-15-10(11(12)7(2)14-15)4-8-5-16-6-9(8)13/h8-9H,3-6,13H2,1-2H3. The van der Waals surface area contributed by atoms with Gasteiger partial charge in [0.1, 0.15) is 0 Å². The van der Waals surface area contributed by atoms with Crippen molar-refractivity contribution in [1.29, 1.82) is 0 Å². The van der Waals surface area contributed by atoms with Crippen molar-refractivity contribution >= 4 is 27.7 Å². The van der Waals surface area contributed by atoms with Gasteiger partial charge >= 0.3 is 0 Å².